The Hall–Kier alpha value is -2.99. The summed E-state index contributed by atoms with van der Waals surface area (Å²) >= 11 is 0. The Balaban J connectivity index is 2.15. The van der Waals surface area contributed by atoms with Gasteiger partial charge in [0.1, 0.15) is 11.6 Å². The monoisotopic (exact) mass is 424 g/mol. The molecule has 1 amide bonds. The summed E-state index contributed by atoms with van der Waals surface area (Å²) < 4.78 is 13.7. The number of carbonyl (C=O) groups is 2. The van der Waals surface area contributed by atoms with E-state index >= 15 is 0 Å². The zero-order valence-corrected chi connectivity index (χ0v) is 18.6. The van der Waals surface area contributed by atoms with Crippen molar-refractivity contribution in [1.82, 2.24) is 9.80 Å². The summed E-state index contributed by atoms with van der Waals surface area (Å²) in [5.41, 5.74) is 2.59. The molecule has 1 saturated heterocycles. The van der Waals surface area contributed by atoms with Gasteiger partial charge in [-0.2, -0.15) is 0 Å². The van der Waals surface area contributed by atoms with Crippen LogP contribution >= 0.6 is 0 Å². The van der Waals surface area contributed by atoms with Gasteiger partial charge in [0.15, 0.2) is 0 Å². The number of carbonyl (C=O) groups excluding carboxylic acids is 2. The van der Waals surface area contributed by atoms with Gasteiger partial charge in [0, 0.05) is 18.7 Å². The van der Waals surface area contributed by atoms with E-state index in [1.54, 1.807) is 6.92 Å². The third kappa shape index (κ3) is 4.54. The summed E-state index contributed by atoms with van der Waals surface area (Å²) in [6.45, 7) is 6.69. The summed E-state index contributed by atoms with van der Waals surface area (Å²) in [7, 11) is 3.79. The highest BCUT2D eigenvalue weighted by Gasteiger charge is 2.45. The van der Waals surface area contributed by atoms with Gasteiger partial charge < -0.3 is 14.9 Å². The first-order valence-electron chi connectivity index (χ1n) is 10.4. The second-order valence-electron chi connectivity index (χ2n) is 8.58. The predicted octanol–water partition coefficient (Wildman–Crippen LogP) is 4.24. The zero-order chi connectivity index (χ0) is 22.9. The molecule has 0 bridgehead atoms. The minimum Gasteiger partial charge on any atom is -0.507 e. The van der Waals surface area contributed by atoms with E-state index in [1.807, 2.05) is 43.3 Å². The number of likely N-dealkylation sites (tertiary alicyclic amines) is 1. The van der Waals surface area contributed by atoms with Gasteiger partial charge in [-0.15, -0.1) is 0 Å². The van der Waals surface area contributed by atoms with Crippen LogP contribution in [-0.4, -0.2) is 53.8 Å². The van der Waals surface area contributed by atoms with E-state index in [1.165, 1.54) is 23.1 Å². The lowest BCUT2D eigenvalue weighted by molar-refractivity contribution is -0.140. The lowest BCUT2D eigenvalue weighted by atomic mass is 9.93. The van der Waals surface area contributed by atoms with Gasteiger partial charge >= 0.3 is 0 Å². The number of amides is 1. The number of hydrogen-bond donors (Lipinski definition) is 1. The molecule has 1 aliphatic rings. The Morgan fingerprint density at radius 3 is 2.32 bits per heavy atom. The van der Waals surface area contributed by atoms with Gasteiger partial charge in [0.2, 0.25) is 0 Å². The number of ketones is 1. The van der Waals surface area contributed by atoms with E-state index < -0.39 is 23.5 Å². The van der Waals surface area contributed by atoms with Gasteiger partial charge in [-0.05, 0) is 61.8 Å². The molecule has 1 atom stereocenters. The van der Waals surface area contributed by atoms with Crippen LogP contribution in [-0.2, 0) is 9.59 Å². The average molecular weight is 425 g/mol. The van der Waals surface area contributed by atoms with Crippen molar-refractivity contribution in [2.45, 2.75) is 32.7 Å². The minimum absolute atomic E-state index is 0.0343. The summed E-state index contributed by atoms with van der Waals surface area (Å²) in [6.07, 6.45) is 0. The molecule has 1 aliphatic heterocycles. The second-order valence-corrected chi connectivity index (χ2v) is 8.58. The third-order valence-electron chi connectivity index (χ3n) is 5.68. The first-order chi connectivity index (χ1) is 14.6. The number of benzene rings is 2. The number of likely N-dealkylation sites (N-methyl/N-ethyl adjacent to an activating group) is 1. The molecule has 1 N–H and O–H groups in total. The largest absolute Gasteiger partial charge is 0.507 e. The minimum atomic E-state index is -0.726. The van der Waals surface area contributed by atoms with Crippen LogP contribution in [0.15, 0.2) is 48.0 Å². The van der Waals surface area contributed by atoms with E-state index in [9.17, 15) is 19.1 Å². The number of aliphatic hydroxyl groups is 1. The number of rotatable bonds is 6. The molecule has 0 aliphatic carbocycles. The van der Waals surface area contributed by atoms with Gasteiger partial charge in [0.25, 0.3) is 11.7 Å². The Morgan fingerprint density at radius 2 is 1.77 bits per heavy atom. The Morgan fingerprint density at radius 1 is 1.13 bits per heavy atom. The third-order valence-corrected chi connectivity index (χ3v) is 5.68. The number of aliphatic hydroxyl groups excluding tert-OH is 1. The van der Waals surface area contributed by atoms with Crippen molar-refractivity contribution in [2.24, 2.45) is 0 Å². The fourth-order valence-electron chi connectivity index (χ4n) is 3.78. The van der Waals surface area contributed by atoms with E-state index in [0.29, 0.717) is 30.1 Å². The van der Waals surface area contributed by atoms with E-state index in [-0.39, 0.29) is 11.3 Å². The van der Waals surface area contributed by atoms with Crippen molar-refractivity contribution in [3.05, 3.63) is 76.1 Å². The van der Waals surface area contributed by atoms with Crippen molar-refractivity contribution >= 4 is 17.4 Å². The molecular formula is C25H29FN2O3. The Labute approximate surface area is 182 Å². The van der Waals surface area contributed by atoms with Crippen molar-refractivity contribution < 1.29 is 19.1 Å². The maximum atomic E-state index is 13.7. The Kier molecular flexibility index (Phi) is 6.60. The van der Waals surface area contributed by atoms with Crippen molar-refractivity contribution in [3.63, 3.8) is 0 Å². The summed E-state index contributed by atoms with van der Waals surface area (Å²) in [5, 5.41) is 11.0. The molecule has 3 rings (SSSR count). The fraction of sp³-hybridized carbons (Fsp3) is 0.360. The van der Waals surface area contributed by atoms with Crippen LogP contribution in [0.25, 0.3) is 5.76 Å². The van der Waals surface area contributed by atoms with Crippen LogP contribution in [0.4, 0.5) is 4.39 Å². The molecule has 0 saturated carbocycles. The molecule has 2 aromatic carbocycles. The lowest BCUT2D eigenvalue weighted by Crippen LogP contribution is -2.35. The van der Waals surface area contributed by atoms with E-state index in [4.69, 9.17) is 0 Å². The van der Waals surface area contributed by atoms with Gasteiger partial charge in [-0.25, -0.2) is 4.39 Å². The summed E-state index contributed by atoms with van der Waals surface area (Å²) in [6, 6.07) is 11.2. The highest BCUT2D eigenvalue weighted by atomic mass is 19.1. The van der Waals surface area contributed by atoms with E-state index in [0.717, 1.165) is 11.1 Å². The number of nitrogens with zero attached hydrogens (tertiary/aromatic N) is 2. The molecule has 0 aromatic heterocycles. The van der Waals surface area contributed by atoms with Gasteiger partial charge in [0.05, 0.1) is 11.6 Å². The first-order valence-corrected chi connectivity index (χ1v) is 10.4. The molecule has 1 unspecified atom stereocenters. The number of halogens is 1. The highest BCUT2D eigenvalue weighted by molar-refractivity contribution is 6.46. The molecule has 31 heavy (non-hydrogen) atoms. The summed E-state index contributed by atoms with van der Waals surface area (Å²) in [4.78, 5) is 29.3. The van der Waals surface area contributed by atoms with Crippen LogP contribution < -0.4 is 0 Å². The van der Waals surface area contributed by atoms with Crippen molar-refractivity contribution in [2.75, 3.05) is 27.2 Å². The number of aryl methyl sites for hydroxylation is 1. The van der Waals surface area contributed by atoms with Crippen LogP contribution in [0.2, 0.25) is 0 Å². The van der Waals surface area contributed by atoms with Crippen molar-refractivity contribution in [1.29, 1.82) is 0 Å². The quantitative estimate of drug-likeness (QED) is 0.428. The molecule has 1 fully saturated rings. The fourth-order valence-corrected chi connectivity index (χ4v) is 3.78. The van der Waals surface area contributed by atoms with Crippen LogP contribution in [0.5, 0.6) is 0 Å². The SMILES string of the molecule is Cc1cc(/C(O)=C2/C(=O)C(=O)N(CCN(C)C)C2c2ccc(C(C)C)cc2)ccc1F. The van der Waals surface area contributed by atoms with E-state index in [2.05, 4.69) is 13.8 Å². The molecule has 5 nitrogen and oxygen atoms in total. The molecular weight excluding hydrogens is 395 g/mol. The first kappa shape index (κ1) is 22.7. The predicted molar refractivity (Wildman–Crippen MR) is 119 cm³/mol. The normalized spacial score (nSPS) is 18.5. The molecule has 0 radical (unpaired) electrons. The zero-order valence-electron chi connectivity index (χ0n) is 18.6. The number of Topliss-reactive ketones (excluding diaryl/α,β-unsaturated/α-hetero) is 1. The summed E-state index contributed by atoms with van der Waals surface area (Å²) in [5.74, 6) is -1.71. The smallest absolute Gasteiger partial charge is 0.295 e. The standard InChI is InChI=1S/C25H29FN2O3/c1-15(2)17-6-8-18(9-7-17)22-21(23(29)19-10-11-20(26)16(3)14-19)24(30)25(31)28(22)13-12-27(4)5/h6-11,14-15,22,29H,12-13H2,1-5H3/b23-21-. The highest BCUT2D eigenvalue weighted by Crippen LogP contribution is 2.39. The molecule has 6 heteroatoms. The molecule has 2 aromatic rings. The topological polar surface area (TPSA) is 60.9 Å². The van der Waals surface area contributed by atoms with Crippen LogP contribution in [0.1, 0.15) is 48.1 Å². The van der Waals surface area contributed by atoms with Crippen LogP contribution in [0.3, 0.4) is 0 Å². The second kappa shape index (κ2) is 9.02. The molecule has 164 valence electrons. The van der Waals surface area contributed by atoms with Gasteiger partial charge in [-0.1, -0.05) is 38.1 Å². The maximum Gasteiger partial charge on any atom is 0.295 e. The molecule has 1 heterocycles. The van der Waals surface area contributed by atoms with Crippen LogP contribution in [0, 0.1) is 12.7 Å². The maximum absolute atomic E-state index is 13.7. The van der Waals surface area contributed by atoms with Gasteiger partial charge in [-0.3, -0.25) is 9.59 Å². The average Bonchev–Trinajstić information content (AvgIpc) is 2.98. The molecule has 0 spiro atoms. The Bertz CT molecular complexity index is 1030. The lowest BCUT2D eigenvalue weighted by Gasteiger charge is -2.27. The van der Waals surface area contributed by atoms with Crippen molar-refractivity contribution in [3.8, 4) is 0 Å². The number of hydrogen-bond acceptors (Lipinski definition) is 4.